The summed E-state index contributed by atoms with van der Waals surface area (Å²) in [5, 5.41) is 5.54. The van der Waals surface area contributed by atoms with E-state index in [1.807, 2.05) is 6.07 Å². The molecule has 6 nitrogen and oxygen atoms in total. The number of urea groups is 1. The SMILES string of the molecule is COc1ccc(-c2cccc(NC(=O)Nc3ccc(OC(F)F)cc3)c2)nc1Cl. The van der Waals surface area contributed by atoms with Crippen LogP contribution in [0.15, 0.2) is 60.7 Å². The molecule has 0 aliphatic heterocycles. The summed E-state index contributed by atoms with van der Waals surface area (Å²) in [5.41, 5.74) is 2.32. The van der Waals surface area contributed by atoms with Crippen LogP contribution in [0.5, 0.6) is 11.5 Å². The van der Waals surface area contributed by atoms with Gasteiger partial charge in [-0.25, -0.2) is 9.78 Å². The summed E-state index contributed by atoms with van der Waals surface area (Å²) >= 11 is 6.07. The molecule has 0 radical (unpaired) electrons. The number of nitrogens with one attached hydrogen (secondary N) is 2. The predicted molar refractivity (Wildman–Crippen MR) is 107 cm³/mol. The van der Waals surface area contributed by atoms with Crippen LogP contribution in [0, 0.1) is 0 Å². The lowest BCUT2D eigenvalue weighted by molar-refractivity contribution is -0.0498. The summed E-state index contributed by atoms with van der Waals surface area (Å²) in [4.78, 5) is 16.5. The van der Waals surface area contributed by atoms with Gasteiger partial charge in [0.15, 0.2) is 10.9 Å². The molecule has 3 aromatic rings. The normalized spacial score (nSPS) is 10.5. The molecule has 2 N–H and O–H groups in total. The number of anilines is 2. The van der Waals surface area contributed by atoms with Crippen LogP contribution < -0.4 is 20.1 Å². The van der Waals surface area contributed by atoms with Crippen LogP contribution >= 0.6 is 11.6 Å². The minimum absolute atomic E-state index is 0.00399. The van der Waals surface area contributed by atoms with E-state index < -0.39 is 12.6 Å². The average Bonchev–Trinajstić information content (AvgIpc) is 2.69. The molecule has 1 heterocycles. The Balaban J connectivity index is 1.66. The number of benzene rings is 2. The molecule has 0 fully saturated rings. The zero-order valence-electron chi connectivity index (χ0n) is 15.2. The fourth-order valence-electron chi connectivity index (χ4n) is 2.50. The molecule has 0 spiro atoms. The lowest BCUT2D eigenvalue weighted by Gasteiger charge is -2.10. The van der Waals surface area contributed by atoms with E-state index in [1.165, 1.54) is 31.4 Å². The molecular formula is C20H16ClF2N3O3. The first-order valence-corrected chi connectivity index (χ1v) is 8.76. The standard InChI is InChI=1S/C20H16ClF2N3O3/c1-28-17-10-9-16(26-18(17)21)12-3-2-4-14(11-12)25-20(27)24-13-5-7-15(8-6-13)29-19(22)23/h2-11,19H,1H3,(H2,24,25,27). The second-order valence-corrected chi connectivity index (χ2v) is 6.11. The number of carbonyl (C=O) groups excluding carboxylic acids is 1. The summed E-state index contributed by atoms with van der Waals surface area (Å²) in [6.45, 7) is -2.90. The van der Waals surface area contributed by atoms with Crippen LogP contribution in [0.4, 0.5) is 25.0 Å². The van der Waals surface area contributed by atoms with Gasteiger partial charge in [0.05, 0.1) is 12.8 Å². The largest absolute Gasteiger partial charge is 0.494 e. The molecule has 0 aliphatic rings. The number of nitrogens with zero attached hydrogens (tertiary/aromatic N) is 1. The Hall–Kier alpha value is -3.39. The van der Waals surface area contributed by atoms with Gasteiger partial charge in [0.25, 0.3) is 0 Å². The number of pyridine rings is 1. The van der Waals surface area contributed by atoms with Crippen LogP contribution in [-0.4, -0.2) is 24.7 Å². The van der Waals surface area contributed by atoms with Crippen LogP contribution in [-0.2, 0) is 0 Å². The monoisotopic (exact) mass is 419 g/mol. The van der Waals surface area contributed by atoms with E-state index in [4.69, 9.17) is 16.3 Å². The fraction of sp³-hybridized carbons (Fsp3) is 0.100. The van der Waals surface area contributed by atoms with Gasteiger partial charge in [0.2, 0.25) is 0 Å². The molecule has 0 saturated carbocycles. The van der Waals surface area contributed by atoms with Crippen molar-refractivity contribution in [3.8, 4) is 22.8 Å². The van der Waals surface area contributed by atoms with E-state index in [0.29, 0.717) is 22.8 Å². The van der Waals surface area contributed by atoms with Crippen molar-refractivity contribution in [2.45, 2.75) is 6.61 Å². The number of hydrogen-bond acceptors (Lipinski definition) is 4. The topological polar surface area (TPSA) is 72.5 Å². The van der Waals surface area contributed by atoms with Crippen molar-refractivity contribution in [2.75, 3.05) is 17.7 Å². The van der Waals surface area contributed by atoms with E-state index in [1.54, 1.807) is 30.3 Å². The second kappa shape index (κ2) is 9.20. The predicted octanol–water partition coefficient (Wildman–Crippen LogP) is 5.66. The van der Waals surface area contributed by atoms with E-state index in [-0.39, 0.29) is 10.9 Å². The second-order valence-electron chi connectivity index (χ2n) is 5.75. The smallest absolute Gasteiger partial charge is 0.387 e. The van der Waals surface area contributed by atoms with Gasteiger partial charge >= 0.3 is 12.6 Å². The van der Waals surface area contributed by atoms with Crippen molar-refractivity contribution in [1.82, 2.24) is 4.98 Å². The number of rotatable bonds is 6. The first-order valence-electron chi connectivity index (χ1n) is 8.38. The first kappa shape index (κ1) is 20.3. The van der Waals surface area contributed by atoms with Crippen LogP contribution in [0.3, 0.4) is 0 Å². The Morgan fingerprint density at radius 3 is 2.41 bits per heavy atom. The number of hydrogen-bond donors (Lipinski definition) is 2. The van der Waals surface area contributed by atoms with Gasteiger partial charge in [0, 0.05) is 16.9 Å². The summed E-state index contributed by atoms with van der Waals surface area (Å²) < 4.78 is 33.7. The number of methoxy groups -OCH3 is 1. The summed E-state index contributed by atoms with van der Waals surface area (Å²) in [6.07, 6.45) is 0. The van der Waals surface area contributed by atoms with Gasteiger partial charge in [-0.2, -0.15) is 8.78 Å². The number of amides is 2. The van der Waals surface area contributed by atoms with Crippen molar-refractivity contribution in [3.63, 3.8) is 0 Å². The highest BCUT2D eigenvalue weighted by Gasteiger charge is 2.09. The number of halogens is 3. The number of alkyl halides is 2. The van der Waals surface area contributed by atoms with Gasteiger partial charge in [0.1, 0.15) is 5.75 Å². The van der Waals surface area contributed by atoms with Gasteiger partial charge in [-0.05, 0) is 48.5 Å². The Kier molecular flexibility index (Phi) is 6.46. The molecule has 2 aromatic carbocycles. The van der Waals surface area contributed by atoms with Gasteiger partial charge in [-0.3, -0.25) is 0 Å². The first-order chi connectivity index (χ1) is 13.9. The van der Waals surface area contributed by atoms with Crippen LogP contribution in [0.2, 0.25) is 5.15 Å². The molecule has 0 unspecified atom stereocenters. The zero-order chi connectivity index (χ0) is 20.8. The molecule has 3 rings (SSSR count). The summed E-state index contributed by atoms with van der Waals surface area (Å²) in [6, 6.07) is 15.6. The fourth-order valence-corrected chi connectivity index (χ4v) is 2.74. The molecule has 1 aromatic heterocycles. The maximum Gasteiger partial charge on any atom is 0.387 e. The lowest BCUT2D eigenvalue weighted by Crippen LogP contribution is -2.19. The van der Waals surface area contributed by atoms with E-state index in [2.05, 4.69) is 20.4 Å². The molecule has 29 heavy (non-hydrogen) atoms. The highest BCUT2D eigenvalue weighted by atomic mass is 35.5. The van der Waals surface area contributed by atoms with Crippen molar-refractivity contribution < 1.29 is 23.0 Å². The number of ether oxygens (including phenoxy) is 2. The maximum absolute atomic E-state index is 12.2. The highest BCUT2D eigenvalue weighted by Crippen LogP contribution is 2.28. The molecule has 150 valence electrons. The minimum atomic E-state index is -2.90. The molecule has 2 amide bonds. The van der Waals surface area contributed by atoms with Gasteiger partial charge < -0.3 is 20.1 Å². The molecule has 0 bridgehead atoms. The van der Waals surface area contributed by atoms with Crippen LogP contribution in [0.1, 0.15) is 0 Å². The Morgan fingerprint density at radius 2 is 1.76 bits per heavy atom. The highest BCUT2D eigenvalue weighted by molar-refractivity contribution is 6.31. The Labute approximate surface area is 170 Å². The average molecular weight is 420 g/mol. The lowest BCUT2D eigenvalue weighted by atomic mass is 10.1. The summed E-state index contributed by atoms with van der Waals surface area (Å²) in [7, 11) is 1.51. The number of carbonyl (C=O) groups is 1. The molecule has 0 atom stereocenters. The van der Waals surface area contributed by atoms with Crippen molar-refractivity contribution in [3.05, 3.63) is 65.8 Å². The Bertz CT molecular complexity index is 1000. The van der Waals surface area contributed by atoms with Crippen molar-refractivity contribution in [1.29, 1.82) is 0 Å². The van der Waals surface area contributed by atoms with E-state index in [0.717, 1.165) is 5.56 Å². The Morgan fingerprint density at radius 1 is 1.03 bits per heavy atom. The third-order valence-corrected chi connectivity index (χ3v) is 4.06. The number of aromatic nitrogens is 1. The third kappa shape index (κ3) is 5.55. The minimum Gasteiger partial charge on any atom is -0.494 e. The molecule has 9 heteroatoms. The summed E-state index contributed by atoms with van der Waals surface area (Å²) in [5.74, 6) is 0.471. The molecule has 0 saturated heterocycles. The van der Waals surface area contributed by atoms with Gasteiger partial charge in [-0.1, -0.05) is 23.7 Å². The van der Waals surface area contributed by atoms with E-state index >= 15 is 0 Å². The quantitative estimate of drug-likeness (QED) is 0.506. The van der Waals surface area contributed by atoms with Crippen molar-refractivity contribution >= 4 is 29.0 Å². The van der Waals surface area contributed by atoms with E-state index in [9.17, 15) is 13.6 Å². The molecular weight excluding hydrogens is 404 g/mol. The molecule has 0 aliphatic carbocycles. The van der Waals surface area contributed by atoms with Crippen LogP contribution in [0.25, 0.3) is 11.3 Å². The van der Waals surface area contributed by atoms with Gasteiger partial charge in [-0.15, -0.1) is 0 Å². The third-order valence-electron chi connectivity index (χ3n) is 3.79. The zero-order valence-corrected chi connectivity index (χ0v) is 15.9. The maximum atomic E-state index is 12.2. The van der Waals surface area contributed by atoms with Crippen molar-refractivity contribution in [2.24, 2.45) is 0 Å².